The molecule has 7 aliphatic heterocycles. The van der Waals surface area contributed by atoms with Crippen molar-refractivity contribution in [3.05, 3.63) is 0 Å². The molecule has 61 heteroatoms. The molecule has 18 N–H and O–H groups in total. The van der Waals surface area contributed by atoms with Gasteiger partial charge in [-0.1, -0.05) is 34.1 Å². The second-order valence-electron chi connectivity index (χ2n) is 34.1. The summed E-state index contributed by atoms with van der Waals surface area (Å²) in [7, 11) is 0. The van der Waals surface area contributed by atoms with Gasteiger partial charge < -0.3 is 87.1 Å². The van der Waals surface area contributed by atoms with E-state index < -0.39 is 125 Å². The zero-order chi connectivity index (χ0) is 109. The number of hydroxylamine groups is 6. The van der Waals surface area contributed by atoms with E-state index in [1.807, 2.05) is 11.8 Å². The Bertz CT molecular complexity index is 3770. The molecule has 0 aromatic rings. The second kappa shape index (κ2) is 76.7. The fourth-order valence-electron chi connectivity index (χ4n) is 14.7. The fourth-order valence-corrected chi connectivity index (χ4v) is 14.7. The molecule has 7 rings (SSSR count). The van der Waals surface area contributed by atoms with Crippen LogP contribution in [-0.2, 0) is 128 Å². The number of carboxylic acids is 13. The fraction of sp³-hybridized carbons (Fsp3) is 0.741. The quantitative estimate of drug-likeness (QED) is 0.0154. The first-order valence-electron chi connectivity index (χ1n) is 46.8. The molecule has 0 radical (unpaired) electrons. The number of nitrogens with zero attached hydrogens (tertiary/aromatic N) is 19. The average Bonchev–Trinajstić information content (AvgIpc) is 1.73. The van der Waals surface area contributed by atoms with Crippen molar-refractivity contribution in [1.82, 2.24) is 98.9 Å². The number of carbonyl (C=O) groups is 22. The third-order valence-corrected chi connectivity index (χ3v) is 22.3. The summed E-state index contributed by atoms with van der Waals surface area (Å²) >= 11 is 3.33. The minimum atomic E-state index is -1.06. The van der Waals surface area contributed by atoms with Crippen molar-refractivity contribution in [3.8, 4) is 0 Å². The molecule has 0 unspecified atom stereocenters. The number of unbranched alkanes of at least 4 members (excludes halogenated alkanes) is 2. The maximum Gasteiger partial charge on any atom is 0.347 e. The summed E-state index contributed by atoms with van der Waals surface area (Å²) in [6, 6.07) is 0. The predicted octanol–water partition coefficient (Wildman–Crippen LogP) is -8.74. The molecule has 0 aromatic heterocycles. The van der Waals surface area contributed by atoms with E-state index in [0.29, 0.717) is 121 Å². The third kappa shape index (κ3) is 65.7. The van der Waals surface area contributed by atoms with Crippen LogP contribution < -0.4 is 11.1 Å². The summed E-state index contributed by atoms with van der Waals surface area (Å²) in [4.78, 5) is 286. The highest BCUT2D eigenvalue weighted by Crippen LogP contribution is 2.16. The first kappa shape index (κ1) is 134. The van der Waals surface area contributed by atoms with Gasteiger partial charge in [-0.2, -0.15) is 5.06 Å². The molecule has 0 spiro atoms. The Morgan fingerprint density at radius 2 is 0.390 bits per heavy atom. The Hall–Kier alpha value is -11.8. The number of rotatable bonds is 39. The van der Waals surface area contributed by atoms with E-state index in [1.165, 1.54) is 12.8 Å². The first-order valence-corrected chi connectivity index (χ1v) is 47.2. The lowest BCUT2D eigenvalue weighted by atomic mass is 10.3. The number of aliphatic carboxylic acids is 13. The molecule has 0 bridgehead atoms. The Morgan fingerprint density at radius 1 is 0.253 bits per heavy atom. The van der Waals surface area contributed by atoms with Gasteiger partial charge in [0.2, 0.25) is 5.91 Å². The number of imide groups is 3. The summed E-state index contributed by atoms with van der Waals surface area (Å²) in [5, 5.41) is 132. The van der Waals surface area contributed by atoms with E-state index in [9.17, 15) is 151 Å². The maximum atomic E-state index is 12.4. The molecule has 7 heterocycles. The molecule has 832 valence electrons. The predicted molar refractivity (Wildman–Crippen MR) is 508 cm³/mol. The highest BCUT2D eigenvalue weighted by molar-refractivity contribution is 7.45. The topological polar surface area (TPSA) is 801 Å². The third-order valence-electron chi connectivity index (χ3n) is 22.3. The van der Waals surface area contributed by atoms with E-state index in [0.717, 1.165) is 19.4 Å². The molecule has 7 saturated heterocycles. The number of nitrogens with two attached hydrogens (primary N) is 1. The van der Waals surface area contributed by atoms with E-state index in [2.05, 4.69) is 24.7 Å². The lowest BCUT2D eigenvalue weighted by Crippen LogP contribution is -2.49. The van der Waals surface area contributed by atoms with Crippen molar-refractivity contribution in [2.75, 3.05) is 327 Å². The molecule has 7 amide bonds. The molecule has 0 atom stereocenters. The average molecular weight is 2120 g/mol. The van der Waals surface area contributed by atoms with Gasteiger partial charge in [-0.05, 0) is 19.4 Å². The van der Waals surface area contributed by atoms with Gasteiger partial charge in [0.25, 0.3) is 35.4 Å². The van der Waals surface area contributed by atoms with Gasteiger partial charge in [0.05, 0.1) is 105 Å². The summed E-state index contributed by atoms with van der Waals surface area (Å²) < 4.78 is 5.33. The number of hydrogen-bond acceptors (Lipinski definition) is 44. The Balaban J connectivity index is 0.00000183. The lowest BCUT2D eigenvalue weighted by Gasteiger charge is -2.32. The van der Waals surface area contributed by atoms with E-state index in [-0.39, 0.29) is 266 Å². The second-order valence-corrected chi connectivity index (χ2v) is 34.1. The summed E-state index contributed by atoms with van der Waals surface area (Å²) in [5.41, 5.74) is 5.14. The van der Waals surface area contributed by atoms with Crippen LogP contribution in [-0.4, -0.2) is 623 Å². The minimum Gasteiger partial charge on any atom is -0.480 e. The van der Waals surface area contributed by atoms with Gasteiger partial charge >= 0.3 is 89.5 Å². The monoisotopic (exact) mass is 2120 g/mol. The highest BCUT2D eigenvalue weighted by atomic mass is 32.1. The van der Waals surface area contributed by atoms with Crippen LogP contribution in [0, 0.1) is 4.78 Å². The van der Waals surface area contributed by atoms with Gasteiger partial charge in [0.15, 0.2) is 0 Å². The van der Waals surface area contributed by atoms with Gasteiger partial charge in [-0.15, -0.1) is 10.1 Å². The van der Waals surface area contributed by atoms with Crippen LogP contribution in [0.3, 0.4) is 0 Å². The zero-order valence-corrected chi connectivity index (χ0v) is 82.8. The van der Waals surface area contributed by atoms with Crippen molar-refractivity contribution in [1.29, 1.82) is 4.78 Å². The molecule has 7 fully saturated rings. The minimum absolute atomic E-state index is 0. The molecule has 0 aliphatic carbocycles. The zero-order valence-electron chi connectivity index (χ0n) is 82.0. The van der Waals surface area contributed by atoms with Gasteiger partial charge in [0.1, 0.15) is 0 Å². The van der Waals surface area contributed by atoms with Gasteiger partial charge in [-0.3, -0.25) is 179 Å². The van der Waals surface area contributed by atoms with Crippen LogP contribution >= 0.6 is 0 Å². The van der Waals surface area contributed by atoms with Crippen LogP contribution in [0.1, 0.15) is 85.5 Å². The van der Waals surface area contributed by atoms with Crippen molar-refractivity contribution in [2.24, 2.45) is 5.73 Å². The molecule has 60 nitrogen and oxygen atoms in total. The normalized spacial score (nSPS) is 18.9. The molecule has 146 heavy (non-hydrogen) atoms. The smallest absolute Gasteiger partial charge is 0.347 e. The Morgan fingerprint density at radius 3 is 0.507 bits per heavy atom. The summed E-state index contributed by atoms with van der Waals surface area (Å²) in [5.74, 6) is -18.6. The first-order chi connectivity index (χ1) is 68.5. The van der Waals surface area contributed by atoms with Crippen LogP contribution in [0.15, 0.2) is 0 Å². The van der Waals surface area contributed by atoms with Crippen molar-refractivity contribution < 1.29 is 187 Å². The number of carbonyl (C=O) groups excluding carboxylic acids is 9. The lowest BCUT2D eigenvalue weighted by molar-refractivity contribution is -0.198. The summed E-state index contributed by atoms with van der Waals surface area (Å²) in [6.45, 7) is 11.2. The Kier molecular flexibility index (Phi) is 70.6. The van der Waals surface area contributed by atoms with Crippen LogP contribution in [0.25, 0.3) is 0 Å². The van der Waals surface area contributed by atoms with Crippen molar-refractivity contribution in [2.45, 2.75) is 85.5 Å². The largest absolute Gasteiger partial charge is 0.480 e. The van der Waals surface area contributed by atoms with Crippen LogP contribution in [0.2, 0.25) is 0 Å². The molecule has 0 aromatic carbocycles. The van der Waals surface area contributed by atoms with Crippen LogP contribution in [0.5, 0.6) is 0 Å². The number of amides is 7. The number of carboxylic acid groups (broad SMARTS) is 13. The highest BCUT2D eigenvalue weighted by Gasteiger charge is 2.37. The molecular weight excluding hydrogens is 1970 g/mol. The SMILES string of the molecule is C.CCCCN.CCCCNC(=O)CN1CCN(CC(=O)O)CCN(CC(=O)O)CCN(CC(=O)O)CC1.N=S.O=C(O)CN1CCN(CC(=O)O)CCN(CC(=O)O)CCN(CC(=O)O)CC1.O=C(O)CN1CCN(CC(=O)O)CCN(CC(=O)ON2C(=O)CCC2=O)CCN(CC(=O)O)CC1.O=C(O)CN1CCN(CC(=O)O)CCN(CC(=O)ON2C(=O)CCC2=O)CCN(CC(=O)O)CC1.O=C1CCC(=O)N1O. The molecular formula is C85H148N22O38S. The van der Waals surface area contributed by atoms with Gasteiger partial charge in [-0.25, -0.2) is 14.4 Å². The van der Waals surface area contributed by atoms with Crippen molar-refractivity contribution >= 4 is 143 Å². The standard InChI is InChI=1S/2C20H31N5O10.C20H37N5O7.C16H28N4O8.C4H5NO3.C4H11N.CH4.HNS/c2*26-15-1-2-16(27)25(15)35-20(34)14-24-9-7-22(12-18(30)31)5-3-21(11-17(28)29)4-6-23(8-10-24)13-19(32)33;1-2-3-4-21-17(26)13-22-5-7-23(14-18(27)28)9-11-25(16-20(31)32)12-10-24(8-6-22)15-19(29)30;21-13(22)9-17-1-2-18(10-14(23)24)5-6-20(12-16(27)28)8-7-19(4-3-17)11-15(25)26;6-3-1-2-4(7)5(3)8;1-2-3-4-5;;1-2/h2*1-14H2,(H,28,29)(H,30,31)(H,32,33);2-16H2,1H3,(H,21,26)(H,27,28)(H,29,30)(H,31,32);1-12H2,(H,21,22)(H,23,24)(H,25,26)(H,27,28);8H,1-2H2;2-5H2,1H3;1H4;1H. The van der Waals surface area contributed by atoms with E-state index >= 15 is 0 Å². The van der Waals surface area contributed by atoms with Crippen LogP contribution in [0.4, 0.5) is 0 Å². The number of hydrogen-bond donors (Lipinski definition) is 17. The van der Waals surface area contributed by atoms with Crippen molar-refractivity contribution in [3.63, 3.8) is 0 Å². The van der Waals surface area contributed by atoms with Gasteiger partial charge in [0, 0.05) is 267 Å². The maximum absolute atomic E-state index is 12.4. The van der Waals surface area contributed by atoms with E-state index in [4.69, 9.17) is 45.8 Å². The number of nitrogens with one attached hydrogen (secondary N) is 2. The summed E-state index contributed by atoms with van der Waals surface area (Å²) in [6.07, 6.45) is 4.38. The molecule has 0 saturated carbocycles. The molecule has 7 aliphatic rings. The van der Waals surface area contributed by atoms with E-state index in [1.54, 1.807) is 73.5 Å². The Labute approximate surface area is 848 Å².